The lowest BCUT2D eigenvalue weighted by Crippen LogP contribution is -2.22. The molecule has 0 radical (unpaired) electrons. The molecule has 0 fully saturated rings. The first-order chi connectivity index (χ1) is 16.8. The highest BCUT2D eigenvalue weighted by Gasteiger charge is 2.19. The third kappa shape index (κ3) is 5.52. The maximum absolute atomic E-state index is 12.6. The molecular formula is C26H29N5O3S. The van der Waals surface area contributed by atoms with Crippen LogP contribution in [0.1, 0.15) is 19.2 Å². The van der Waals surface area contributed by atoms with Gasteiger partial charge in [-0.1, -0.05) is 18.2 Å². The maximum atomic E-state index is 12.6. The Balaban J connectivity index is 1.41. The number of carbonyl (C=O) groups excluding carboxylic acids is 1. The summed E-state index contributed by atoms with van der Waals surface area (Å²) in [7, 11) is -0.541. The second-order valence-corrected chi connectivity index (χ2v) is 10.5. The minimum Gasteiger partial charge on any atom is -0.356 e. The number of anilines is 3. The van der Waals surface area contributed by atoms with Crippen molar-refractivity contribution in [3.63, 3.8) is 0 Å². The number of para-hydroxylation sites is 1. The van der Waals surface area contributed by atoms with E-state index in [2.05, 4.69) is 15.6 Å². The van der Waals surface area contributed by atoms with E-state index in [1.54, 1.807) is 18.2 Å². The van der Waals surface area contributed by atoms with E-state index in [-0.39, 0.29) is 17.2 Å². The van der Waals surface area contributed by atoms with Crippen LogP contribution >= 0.6 is 0 Å². The lowest BCUT2D eigenvalue weighted by atomic mass is 10.2. The van der Waals surface area contributed by atoms with Crippen molar-refractivity contribution in [3.8, 4) is 0 Å². The normalized spacial score (nSPS) is 11.7. The zero-order valence-electron chi connectivity index (χ0n) is 20.0. The van der Waals surface area contributed by atoms with Crippen LogP contribution < -0.4 is 10.6 Å². The van der Waals surface area contributed by atoms with E-state index in [0.29, 0.717) is 18.5 Å². The Hall–Kier alpha value is -3.69. The molecular weight excluding hydrogens is 462 g/mol. The fourth-order valence-corrected chi connectivity index (χ4v) is 4.77. The van der Waals surface area contributed by atoms with E-state index in [9.17, 15) is 13.2 Å². The quantitative estimate of drug-likeness (QED) is 0.356. The smallest absolute Gasteiger partial charge is 0.242 e. The van der Waals surface area contributed by atoms with Crippen molar-refractivity contribution in [2.45, 2.75) is 31.2 Å². The molecule has 0 saturated heterocycles. The van der Waals surface area contributed by atoms with Gasteiger partial charge in [-0.05, 0) is 61.5 Å². The summed E-state index contributed by atoms with van der Waals surface area (Å²) in [5, 5.41) is 6.24. The molecule has 182 valence electrons. The number of rotatable bonds is 9. The molecule has 0 spiro atoms. The van der Waals surface area contributed by atoms with Gasteiger partial charge in [0, 0.05) is 50.5 Å². The summed E-state index contributed by atoms with van der Waals surface area (Å²) >= 11 is 0. The van der Waals surface area contributed by atoms with Crippen LogP contribution in [-0.4, -0.2) is 42.3 Å². The van der Waals surface area contributed by atoms with Gasteiger partial charge in [-0.3, -0.25) is 4.79 Å². The predicted molar refractivity (Wildman–Crippen MR) is 139 cm³/mol. The number of benzene rings is 3. The number of carbonyl (C=O) groups is 1. The molecule has 0 saturated carbocycles. The Labute approximate surface area is 205 Å². The van der Waals surface area contributed by atoms with E-state index in [0.717, 1.165) is 28.4 Å². The second-order valence-electron chi connectivity index (χ2n) is 8.33. The van der Waals surface area contributed by atoms with Crippen molar-refractivity contribution in [1.29, 1.82) is 0 Å². The summed E-state index contributed by atoms with van der Waals surface area (Å²) in [6, 6.07) is 22.4. The molecule has 2 N–H and O–H groups in total. The van der Waals surface area contributed by atoms with Crippen molar-refractivity contribution in [2.24, 2.45) is 0 Å². The van der Waals surface area contributed by atoms with Gasteiger partial charge in [0.05, 0.1) is 15.9 Å². The molecule has 0 bridgehead atoms. The van der Waals surface area contributed by atoms with E-state index in [4.69, 9.17) is 0 Å². The average molecular weight is 492 g/mol. The number of amides is 1. The monoisotopic (exact) mass is 491 g/mol. The van der Waals surface area contributed by atoms with Gasteiger partial charge in [0.2, 0.25) is 15.9 Å². The highest BCUT2D eigenvalue weighted by molar-refractivity contribution is 7.89. The van der Waals surface area contributed by atoms with Gasteiger partial charge in [0.25, 0.3) is 0 Å². The van der Waals surface area contributed by atoms with Gasteiger partial charge >= 0.3 is 0 Å². The number of aryl methyl sites for hydroxylation is 2. The Bertz CT molecular complexity index is 1430. The highest BCUT2D eigenvalue weighted by Crippen LogP contribution is 2.23. The van der Waals surface area contributed by atoms with Gasteiger partial charge in [0.15, 0.2) is 0 Å². The number of fused-ring (bicyclic) bond motifs is 1. The number of nitrogens with one attached hydrogen (secondary N) is 2. The average Bonchev–Trinajstić information content (AvgIpc) is 3.21. The molecule has 9 heteroatoms. The van der Waals surface area contributed by atoms with Crippen molar-refractivity contribution in [2.75, 3.05) is 24.7 Å². The Kier molecular flexibility index (Phi) is 7.18. The molecule has 0 aliphatic carbocycles. The summed E-state index contributed by atoms with van der Waals surface area (Å²) < 4.78 is 28.1. The van der Waals surface area contributed by atoms with Gasteiger partial charge in [0.1, 0.15) is 5.82 Å². The molecule has 8 nitrogen and oxygen atoms in total. The van der Waals surface area contributed by atoms with Crippen LogP contribution in [0.25, 0.3) is 11.0 Å². The predicted octanol–water partition coefficient (Wildman–Crippen LogP) is 4.62. The molecule has 3 aromatic carbocycles. The fraction of sp³-hybridized carbons (Fsp3) is 0.231. The molecule has 0 aliphatic rings. The zero-order chi connectivity index (χ0) is 25.0. The van der Waals surface area contributed by atoms with E-state index in [1.807, 2.05) is 66.1 Å². The number of aromatic nitrogens is 2. The van der Waals surface area contributed by atoms with E-state index >= 15 is 0 Å². The minimum absolute atomic E-state index is 0.112. The molecule has 0 atom stereocenters. The van der Waals surface area contributed by atoms with Crippen LogP contribution in [0.4, 0.5) is 17.1 Å². The standard InChI is InChI=1S/C26H29N5O3S/c1-4-31-24-15-14-22(35(33,34)30(2)3)18-23(24)29-25(31)16-17-26(32)28-21-12-10-20(11-13-21)27-19-8-6-5-7-9-19/h5-15,18,27H,4,16-17H2,1-3H3,(H,28,32). The summed E-state index contributed by atoms with van der Waals surface area (Å²) in [5.41, 5.74) is 4.10. The molecule has 0 aliphatic heterocycles. The summed E-state index contributed by atoms with van der Waals surface area (Å²) in [6.45, 7) is 2.67. The minimum atomic E-state index is -3.54. The molecule has 1 aromatic heterocycles. The number of hydrogen-bond acceptors (Lipinski definition) is 5. The Morgan fingerprint density at radius 3 is 2.26 bits per heavy atom. The fourth-order valence-electron chi connectivity index (χ4n) is 3.85. The molecule has 4 rings (SSSR count). The van der Waals surface area contributed by atoms with E-state index in [1.165, 1.54) is 18.4 Å². The SMILES string of the molecule is CCn1c(CCC(=O)Nc2ccc(Nc3ccccc3)cc2)nc2cc(S(=O)(=O)N(C)C)ccc21. The van der Waals surface area contributed by atoms with Crippen molar-refractivity contribution in [3.05, 3.63) is 78.6 Å². The highest BCUT2D eigenvalue weighted by atomic mass is 32.2. The Morgan fingerprint density at radius 1 is 0.943 bits per heavy atom. The van der Waals surface area contributed by atoms with Crippen LogP contribution in [-0.2, 0) is 27.8 Å². The van der Waals surface area contributed by atoms with Crippen LogP contribution in [0.5, 0.6) is 0 Å². The van der Waals surface area contributed by atoms with Crippen molar-refractivity contribution < 1.29 is 13.2 Å². The maximum Gasteiger partial charge on any atom is 0.242 e. The van der Waals surface area contributed by atoms with Gasteiger partial charge < -0.3 is 15.2 Å². The van der Waals surface area contributed by atoms with Crippen molar-refractivity contribution >= 4 is 44.0 Å². The Morgan fingerprint density at radius 2 is 1.60 bits per heavy atom. The third-order valence-electron chi connectivity index (χ3n) is 5.70. The largest absolute Gasteiger partial charge is 0.356 e. The molecule has 1 heterocycles. The molecule has 1 amide bonds. The van der Waals surface area contributed by atoms with Gasteiger partial charge in [-0.2, -0.15) is 0 Å². The number of nitrogens with zero attached hydrogens (tertiary/aromatic N) is 3. The lowest BCUT2D eigenvalue weighted by molar-refractivity contribution is -0.116. The van der Waals surface area contributed by atoms with Crippen LogP contribution in [0.3, 0.4) is 0 Å². The summed E-state index contributed by atoms with van der Waals surface area (Å²) in [6.07, 6.45) is 0.702. The number of imidazole rings is 1. The topological polar surface area (TPSA) is 96.3 Å². The molecule has 0 unspecified atom stereocenters. The van der Waals surface area contributed by atoms with Crippen molar-refractivity contribution in [1.82, 2.24) is 13.9 Å². The first kappa shape index (κ1) is 24.4. The van der Waals surface area contributed by atoms with E-state index < -0.39 is 10.0 Å². The summed E-state index contributed by atoms with van der Waals surface area (Å²) in [5.74, 6) is 0.638. The molecule has 35 heavy (non-hydrogen) atoms. The number of hydrogen-bond donors (Lipinski definition) is 2. The number of sulfonamides is 1. The van der Waals surface area contributed by atoms with Gasteiger partial charge in [-0.25, -0.2) is 17.7 Å². The van der Waals surface area contributed by atoms with Crippen LogP contribution in [0, 0.1) is 0 Å². The third-order valence-corrected chi connectivity index (χ3v) is 7.51. The zero-order valence-corrected chi connectivity index (χ0v) is 20.8. The molecule has 4 aromatic rings. The van der Waals surface area contributed by atoms with Gasteiger partial charge in [-0.15, -0.1) is 0 Å². The van der Waals surface area contributed by atoms with Crippen LogP contribution in [0.15, 0.2) is 77.7 Å². The second kappa shape index (κ2) is 10.3. The first-order valence-electron chi connectivity index (χ1n) is 11.4. The van der Waals surface area contributed by atoms with Crippen LogP contribution in [0.2, 0.25) is 0 Å². The lowest BCUT2D eigenvalue weighted by Gasteiger charge is -2.11. The first-order valence-corrected chi connectivity index (χ1v) is 12.9. The summed E-state index contributed by atoms with van der Waals surface area (Å²) in [4.78, 5) is 17.4.